The minimum atomic E-state index is 0.0745. The minimum absolute atomic E-state index is 0.0745. The Hall–Kier alpha value is -1.73. The highest BCUT2D eigenvalue weighted by Gasteiger charge is 2.49. The van der Waals surface area contributed by atoms with Gasteiger partial charge in [-0.1, -0.05) is 19.9 Å². The van der Waals surface area contributed by atoms with Crippen molar-refractivity contribution >= 4 is 11.4 Å². The molecule has 1 fully saturated rings. The third-order valence-corrected chi connectivity index (χ3v) is 4.10. The van der Waals surface area contributed by atoms with Crippen LogP contribution in [0, 0.1) is 16.7 Å². The quantitative estimate of drug-likeness (QED) is 0.816. The summed E-state index contributed by atoms with van der Waals surface area (Å²) in [5.74, 6) is 0. The maximum Gasteiger partial charge on any atom is 0.101 e. The molecule has 2 unspecified atom stereocenters. The summed E-state index contributed by atoms with van der Waals surface area (Å²) in [6.45, 7) is 7.15. The minimum Gasteiger partial charge on any atom is -0.396 e. The maximum atomic E-state index is 8.99. The first-order chi connectivity index (χ1) is 9.00. The molecule has 0 saturated heterocycles. The average Bonchev–Trinajstić information content (AvgIpc) is 2.39. The Morgan fingerprint density at radius 3 is 2.84 bits per heavy atom. The number of nitrogen functional groups attached to an aromatic ring is 1. The number of anilines is 2. The van der Waals surface area contributed by atoms with Gasteiger partial charge in [-0.15, -0.1) is 0 Å². The van der Waals surface area contributed by atoms with E-state index >= 15 is 0 Å². The van der Waals surface area contributed by atoms with Gasteiger partial charge in [-0.05, 0) is 25.5 Å². The second kappa shape index (κ2) is 5.10. The van der Waals surface area contributed by atoms with E-state index in [0.717, 1.165) is 18.7 Å². The maximum absolute atomic E-state index is 8.99. The fraction of sp³-hybridized carbons (Fsp3) is 0.533. The van der Waals surface area contributed by atoms with Crippen LogP contribution in [0.5, 0.6) is 0 Å². The molecule has 0 aliphatic heterocycles. The number of hydrogen-bond donors (Lipinski definition) is 2. The smallest absolute Gasteiger partial charge is 0.101 e. The first kappa shape index (κ1) is 13.7. The molecule has 0 heterocycles. The molecule has 19 heavy (non-hydrogen) atoms. The highest BCUT2D eigenvalue weighted by Crippen LogP contribution is 2.44. The van der Waals surface area contributed by atoms with Crippen LogP contribution in [0.2, 0.25) is 0 Å². The van der Waals surface area contributed by atoms with Gasteiger partial charge in [-0.2, -0.15) is 5.26 Å². The number of nitriles is 1. The Labute approximate surface area is 114 Å². The number of rotatable bonds is 4. The van der Waals surface area contributed by atoms with Gasteiger partial charge < -0.3 is 15.8 Å². The van der Waals surface area contributed by atoms with Gasteiger partial charge in [0.15, 0.2) is 0 Å². The predicted octanol–water partition coefficient (Wildman–Crippen LogP) is 2.76. The second-order valence-corrected chi connectivity index (χ2v) is 5.58. The molecule has 0 radical (unpaired) electrons. The molecule has 1 aromatic carbocycles. The molecule has 2 atom stereocenters. The summed E-state index contributed by atoms with van der Waals surface area (Å²) in [5.41, 5.74) is 7.95. The van der Waals surface area contributed by atoms with Gasteiger partial charge in [0.05, 0.1) is 23.0 Å². The van der Waals surface area contributed by atoms with Crippen LogP contribution in [-0.2, 0) is 4.74 Å². The summed E-state index contributed by atoms with van der Waals surface area (Å²) >= 11 is 0. The molecule has 1 aliphatic rings. The summed E-state index contributed by atoms with van der Waals surface area (Å²) in [5, 5.41) is 12.4. The first-order valence-corrected chi connectivity index (χ1v) is 6.67. The van der Waals surface area contributed by atoms with Gasteiger partial charge in [-0.25, -0.2) is 0 Å². The van der Waals surface area contributed by atoms with Crippen molar-refractivity contribution in [3.8, 4) is 6.07 Å². The van der Waals surface area contributed by atoms with Crippen LogP contribution >= 0.6 is 0 Å². The van der Waals surface area contributed by atoms with Crippen LogP contribution < -0.4 is 11.1 Å². The SMILES string of the molecule is CCOC1CC(Nc2cccc(C#N)c2N)C1(C)C. The summed E-state index contributed by atoms with van der Waals surface area (Å²) < 4.78 is 5.71. The highest BCUT2D eigenvalue weighted by atomic mass is 16.5. The molecule has 0 aromatic heterocycles. The lowest BCUT2D eigenvalue weighted by molar-refractivity contribution is -0.0975. The molecular weight excluding hydrogens is 238 g/mol. The lowest BCUT2D eigenvalue weighted by Crippen LogP contribution is -2.58. The fourth-order valence-corrected chi connectivity index (χ4v) is 2.59. The molecule has 2 rings (SSSR count). The molecule has 0 spiro atoms. The molecular formula is C15H21N3O. The molecule has 1 aliphatic carbocycles. The van der Waals surface area contributed by atoms with E-state index in [1.54, 1.807) is 6.07 Å². The average molecular weight is 259 g/mol. The molecule has 102 valence electrons. The molecule has 4 heteroatoms. The van der Waals surface area contributed by atoms with E-state index in [4.69, 9.17) is 15.7 Å². The number of para-hydroxylation sites is 1. The van der Waals surface area contributed by atoms with E-state index in [1.165, 1.54) is 0 Å². The predicted molar refractivity (Wildman–Crippen MR) is 76.8 cm³/mol. The van der Waals surface area contributed by atoms with Crippen molar-refractivity contribution in [1.29, 1.82) is 5.26 Å². The number of nitrogens with two attached hydrogens (primary N) is 1. The van der Waals surface area contributed by atoms with Crippen LogP contribution in [0.3, 0.4) is 0 Å². The number of nitrogens with zero attached hydrogens (tertiary/aromatic N) is 1. The first-order valence-electron chi connectivity index (χ1n) is 6.67. The molecule has 1 aromatic rings. The van der Waals surface area contributed by atoms with Crippen molar-refractivity contribution in [2.24, 2.45) is 5.41 Å². The van der Waals surface area contributed by atoms with Gasteiger partial charge in [0.25, 0.3) is 0 Å². The molecule has 3 N–H and O–H groups in total. The largest absolute Gasteiger partial charge is 0.396 e. The monoisotopic (exact) mass is 259 g/mol. The van der Waals surface area contributed by atoms with Crippen LogP contribution in [0.1, 0.15) is 32.8 Å². The van der Waals surface area contributed by atoms with Crippen molar-refractivity contribution in [1.82, 2.24) is 0 Å². The number of hydrogen-bond acceptors (Lipinski definition) is 4. The van der Waals surface area contributed by atoms with Gasteiger partial charge in [0.1, 0.15) is 6.07 Å². The number of nitrogens with one attached hydrogen (secondary N) is 1. The Morgan fingerprint density at radius 1 is 1.53 bits per heavy atom. The summed E-state index contributed by atoms with van der Waals surface area (Å²) in [4.78, 5) is 0. The zero-order chi connectivity index (χ0) is 14.0. The third kappa shape index (κ3) is 2.39. The Morgan fingerprint density at radius 2 is 2.26 bits per heavy atom. The van der Waals surface area contributed by atoms with Crippen molar-refractivity contribution in [2.75, 3.05) is 17.7 Å². The van der Waals surface area contributed by atoms with E-state index < -0.39 is 0 Å². The fourth-order valence-electron chi connectivity index (χ4n) is 2.59. The molecule has 0 bridgehead atoms. The van der Waals surface area contributed by atoms with Crippen LogP contribution in [0.4, 0.5) is 11.4 Å². The van der Waals surface area contributed by atoms with Crippen molar-refractivity contribution in [3.05, 3.63) is 23.8 Å². The zero-order valence-corrected chi connectivity index (χ0v) is 11.7. The second-order valence-electron chi connectivity index (χ2n) is 5.58. The molecule has 1 saturated carbocycles. The van der Waals surface area contributed by atoms with Crippen LogP contribution in [0.25, 0.3) is 0 Å². The molecule has 4 nitrogen and oxygen atoms in total. The lowest BCUT2D eigenvalue weighted by atomic mass is 9.64. The van der Waals surface area contributed by atoms with E-state index in [9.17, 15) is 0 Å². The van der Waals surface area contributed by atoms with Crippen molar-refractivity contribution < 1.29 is 4.74 Å². The van der Waals surface area contributed by atoms with Gasteiger partial charge >= 0.3 is 0 Å². The number of benzene rings is 1. The van der Waals surface area contributed by atoms with Crippen molar-refractivity contribution in [2.45, 2.75) is 39.3 Å². The zero-order valence-electron chi connectivity index (χ0n) is 11.7. The Kier molecular flexibility index (Phi) is 3.68. The normalized spacial score (nSPS) is 24.3. The number of ether oxygens (including phenoxy) is 1. The van der Waals surface area contributed by atoms with Gasteiger partial charge in [0, 0.05) is 18.1 Å². The standard InChI is InChI=1S/C15H21N3O/c1-4-19-13-8-12(15(13,2)3)18-11-7-5-6-10(9-16)14(11)17/h5-7,12-13,18H,4,8,17H2,1-3H3. The van der Waals surface area contributed by atoms with Crippen LogP contribution in [0.15, 0.2) is 18.2 Å². The topological polar surface area (TPSA) is 71.1 Å². The van der Waals surface area contributed by atoms with Gasteiger partial charge in [-0.3, -0.25) is 0 Å². The third-order valence-electron chi connectivity index (χ3n) is 4.10. The van der Waals surface area contributed by atoms with Crippen LogP contribution in [-0.4, -0.2) is 18.8 Å². The summed E-state index contributed by atoms with van der Waals surface area (Å²) in [6.07, 6.45) is 1.26. The Bertz CT molecular complexity index is 505. The van der Waals surface area contributed by atoms with E-state index in [0.29, 0.717) is 17.3 Å². The summed E-state index contributed by atoms with van der Waals surface area (Å²) in [7, 11) is 0. The summed E-state index contributed by atoms with van der Waals surface area (Å²) in [6, 6.07) is 7.92. The Balaban J connectivity index is 2.10. The molecule has 0 amide bonds. The lowest BCUT2D eigenvalue weighted by Gasteiger charge is -2.52. The van der Waals surface area contributed by atoms with E-state index in [-0.39, 0.29) is 11.5 Å². The highest BCUT2D eigenvalue weighted by molar-refractivity contribution is 5.73. The van der Waals surface area contributed by atoms with E-state index in [1.807, 2.05) is 19.1 Å². The van der Waals surface area contributed by atoms with Crippen molar-refractivity contribution in [3.63, 3.8) is 0 Å². The van der Waals surface area contributed by atoms with E-state index in [2.05, 4.69) is 25.2 Å². The van der Waals surface area contributed by atoms with Gasteiger partial charge in [0.2, 0.25) is 0 Å².